The van der Waals surface area contributed by atoms with E-state index < -0.39 is 41.0 Å². The van der Waals surface area contributed by atoms with E-state index in [1.165, 1.54) is 4.90 Å². The van der Waals surface area contributed by atoms with Crippen LogP contribution in [0.2, 0.25) is 0 Å². The Hall–Kier alpha value is -3.00. The number of para-hydroxylation sites is 1. The molecular formula is C30H37Cl2F6N5O2. The monoisotopic (exact) mass is 683 g/mol. The first-order chi connectivity index (χ1) is 20.3. The van der Waals surface area contributed by atoms with Gasteiger partial charge < -0.3 is 20.1 Å². The molecule has 2 amide bonds. The second-order valence-electron chi connectivity index (χ2n) is 10.6. The van der Waals surface area contributed by atoms with Gasteiger partial charge in [-0.15, -0.1) is 24.8 Å². The van der Waals surface area contributed by atoms with Gasteiger partial charge in [0.25, 0.3) is 5.91 Å². The van der Waals surface area contributed by atoms with Gasteiger partial charge in [0.2, 0.25) is 5.91 Å². The van der Waals surface area contributed by atoms with Crippen molar-refractivity contribution in [1.82, 2.24) is 25.0 Å². The number of aromatic nitrogens is 1. The molecule has 1 aliphatic heterocycles. The summed E-state index contributed by atoms with van der Waals surface area (Å²) >= 11 is 0. The second kappa shape index (κ2) is 16.0. The largest absolute Gasteiger partial charge is 0.416 e. The third kappa shape index (κ3) is 9.74. The summed E-state index contributed by atoms with van der Waals surface area (Å²) in [4.78, 5) is 34.8. The van der Waals surface area contributed by atoms with Crippen LogP contribution in [-0.2, 0) is 23.6 Å². The molecule has 0 aliphatic carbocycles. The lowest BCUT2D eigenvalue weighted by atomic mass is 9.98. The summed E-state index contributed by atoms with van der Waals surface area (Å²) in [5, 5.41) is 3.78. The molecule has 0 unspecified atom stereocenters. The maximum atomic E-state index is 13.6. The van der Waals surface area contributed by atoms with Gasteiger partial charge in [0.15, 0.2) is 0 Å². The van der Waals surface area contributed by atoms with Crippen LogP contribution in [0.15, 0.2) is 48.7 Å². The number of hydrogen-bond donors (Lipinski definition) is 2. The molecule has 0 spiro atoms. The highest BCUT2D eigenvalue weighted by Gasteiger charge is 2.39. The number of carbonyl (C=O) groups excluding carboxylic acids is 2. The molecule has 15 heteroatoms. The van der Waals surface area contributed by atoms with Crippen LogP contribution in [0.3, 0.4) is 0 Å². The van der Waals surface area contributed by atoms with E-state index in [4.69, 9.17) is 0 Å². The van der Waals surface area contributed by atoms with Crippen molar-refractivity contribution in [2.24, 2.45) is 0 Å². The number of carbonyl (C=O) groups is 2. The highest BCUT2D eigenvalue weighted by Crippen LogP contribution is 2.37. The molecule has 2 heterocycles. The van der Waals surface area contributed by atoms with Crippen molar-refractivity contribution in [2.75, 3.05) is 52.4 Å². The molecule has 250 valence electrons. The lowest BCUT2D eigenvalue weighted by Gasteiger charge is -2.41. The molecule has 2 N–H and O–H groups in total. The van der Waals surface area contributed by atoms with Crippen molar-refractivity contribution in [3.05, 3.63) is 70.9 Å². The number of nitrogens with one attached hydrogen (secondary N) is 2. The fraction of sp³-hybridized carbons (Fsp3) is 0.467. The van der Waals surface area contributed by atoms with Crippen LogP contribution in [0.4, 0.5) is 26.3 Å². The Bertz CT molecular complexity index is 1400. The van der Waals surface area contributed by atoms with Crippen molar-refractivity contribution in [2.45, 2.75) is 38.7 Å². The molecule has 2 aromatic carbocycles. The molecule has 1 atom stereocenters. The smallest absolute Gasteiger partial charge is 0.361 e. The van der Waals surface area contributed by atoms with Gasteiger partial charge in [-0.25, -0.2) is 0 Å². The molecule has 3 aromatic rings. The first kappa shape index (κ1) is 38.2. The molecular weight excluding hydrogens is 647 g/mol. The van der Waals surface area contributed by atoms with Crippen molar-refractivity contribution in [3.63, 3.8) is 0 Å². The Morgan fingerprint density at radius 2 is 1.58 bits per heavy atom. The van der Waals surface area contributed by atoms with Gasteiger partial charge in [-0.2, -0.15) is 26.3 Å². The molecule has 1 aromatic heterocycles. The maximum absolute atomic E-state index is 13.6. The van der Waals surface area contributed by atoms with Gasteiger partial charge in [-0.05, 0) is 49.3 Å². The predicted octanol–water partition coefficient (Wildman–Crippen LogP) is 5.88. The summed E-state index contributed by atoms with van der Waals surface area (Å²) in [6.07, 6.45) is -8.09. The molecule has 1 fully saturated rings. The number of piperazine rings is 1. The Balaban J connectivity index is 0.00000353. The van der Waals surface area contributed by atoms with E-state index in [1.807, 2.05) is 43.0 Å². The molecule has 0 saturated carbocycles. The summed E-state index contributed by atoms with van der Waals surface area (Å²) in [5.74, 6) is -1.13. The van der Waals surface area contributed by atoms with Gasteiger partial charge in [0.05, 0.1) is 17.7 Å². The van der Waals surface area contributed by atoms with Crippen molar-refractivity contribution in [3.8, 4) is 0 Å². The van der Waals surface area contributed by atoms with Crippen molar-refractivity contribution in [1.29, 1.82) is 0 Å². The molecule has 0 radical (unpaired) electrons. The molecule has 1 saturated heterocycles. The van der Waals surface area contributed by atoms with E-state index in [0.29, 0.717) is 25.2 Å². The van der Waals surface area contributed by atoms with E-state index in [1.54, 1.807) is 6.20 Å². The Kier molecular flexibility index (Phi) is 13.6. The number of halogens is 8. The summed E-state index contributed by atoms with van der Waals surface area (Å²) in [6, 6.07) is 7.79. The second-order valence-corrected chi connectivity index (χ2v) is 10.6. The number of rotatable bonds is 10. The molecule has 45 heavy (non-hydrogen) atoms. The lowest BCUT2D eigenvalue weighted by molar-refractivity contribution is -0.143. The fourth-order valence-electron chi connectivity index (χ4n) is 5.46. The minimum absolute atomic E-state index is 0. The fourth-order valence-corrected chi connectivity index (χ4v) is 5.46. The average molecular weight is 685 g/mol. The zero-order chi connectivity index (χ0) is 31.4. The number of likely N-dealkylation sites (N-methyl/N-ethyl adjacent to an activating group) is 1. The number of benzene rings is 2. The van der Waals surface area contributed by atoms with Crippen LogP contribution < -0.4 is 5.32 Å². The van der Waals surface area contributed by atoms with Crippen LogP contribution in [-0.4, -0.2) is 89.9 Å². The summed E-state index contributed by atoms with van der Waals surface area (Å²) < 4.78 is 81.1. The highest BCUT2D eigenvalue weighted by molar-refractivity contribution is 5.95. The topological polar surface area (TPSA) is 71.7 Å². The first-order valence-corrected chi connectivity index (χ1v) is 14.2. The third-order valence-electron chi connectivity index (χ3n) is 7.80. The molecule has 0 bridgehead atoms. The van der Waals surface area contributed by atoms with Gasteiger partial charge in [-0.1, -0.05) is 32.0 Å². The van der Waals surface area contributed by atoms with Crippen LogP contribution in [0, 0.1) is 0 Å². The Labute approximate surface area is 270 Å². The van der Waals surface area contributed by atoms with Crippen molar-refractivity contribution >= 4 is 47.5 Å². The van der Waals surface area contributed by atoms with Gasteiger partial charge in [0.1, 0.15) is 0 Å². The number of nitrogens with zero attached hydrogens (tertiary/aromatic N) is 3. The summed E-state index contributed by atoms with van der Waals surface area (Å²) in [5.41, 5.74) is -2.08. The number of amides is 2. The maximum Gasteiger partial charge on any atom is 0.416 e. The zero-order valence-corrected chi connectivity index (χ0v) is 26.4. The minimum atomic E-state index is -5.07. The molecule has 1 aliphatic rings. The quantitative estimate of drug-likeness (QED) is 0.262. The van der Waals surface area contributed by atoms with E-state index in [0.717, 1.165) is 29.6 Å². The number of fused-ring (bicyclic) bond motifs is 1. The van der Waals surface area contributed by atoms with Crippen LogP contribution in [0.1, 0.15) is 40.9 Å². The standard InChI is InChI=1S/C30H35F6N5O2.2ClH/c1-3-39(4-2)10-9-37-27(42)19-40-11-12-41(24(18-40)15-21-17-38-26-8-6-5-7-25(21)26)28(43)20-13-22(29(31,32)33)16-23(14-20)30(34,35)36;;/h5-8,13-14,16-17,24,38H,3-4,9-12,15,18-19H2,1-2H3,(H,37,42);2*1H/t24-;;/m1../s1. The predicted molar refractivity (Wildman–Crippen MR) is 165 cm³/mol. The highest BCUT2D eigenvalue weighted by atomic mass is 35.5. The van der Waals surface area contributed by atoms with Crippen molar-refractivity contribution < 1.29 is 35.9 Å². The lowest BCUT2D eigenvalue weighted by Crippen LogP contribution is -2.57. The van der Waals surface area contributed by atoms with Crippen LogP contribution in [0.25, 0.3) is 10.9 Å². The average Bonchev–Trinajstić information content (AvgIpc) is 3.36. The van der Waals surface area contributed by atoms with Crippen LogP contribution >= 0.6 is 24.8 Å². The summed E-state index contributed by atoms with van der Waals surface area (Å²) in [6.45, 7) is 7.44. The minimum Gasteiger partial charge on any atom is -0.361 e. The van der Waals surface area contributed by atoms with E-state index in [2.05, 4.69) is 15.2 Å². The molecule has 4 rings (SSSR count). The Morgan fingerprint density at radius 1 is 0.956 bits per heavy atom. The van der Waals surface area contributed by atoms with E-state index >= 15 is 0 Å². The number of aromatic amines is 1. The van der Waals surface area contributed by atoms with Gasteiger partial charge in [-0.3, -0.25) is 14.5 Å². The normalized spacial score (nSPS) is 15.9. The zero-order valence-electron chi connectivity index (χ0n) is 24.8. The number of alkyl halides is 6. The Morgan fingerprint density at radius 3 is 2.18 bits per heavy atom. The first-order valence-electron chi connectivity index (χ1n) is 14.2. The van der Waals surface area contributed by atoms with Crippen LogP contribution in [0.5, 0.6) is 0 Å². The van der Waals surface area contributed by atoms with E-state index in [-0.39, 0.29) is 69.4 Å². The van der Waals surface area contributed by atoms with E-state index in [9.17, 15) is 35.9 Å². The molecule has 7 nitrogen and oxygen atoms in total. The number of H-pyrrole nitrogens is 1. The SMILES string of the molecule is CCN(CC)CCNC(=O)CN1CCN(C(=O)c2cc(C(F)(F)F)cc(C(F)(F)F)c2)[C@H](Cc2c[nH]c3ccccc23)C1.Cl.Cl. The summed E-state index contributed by atoms with van der Waals surface area (Å²) in [7, 11) is 0. The third-order valence-corrected chi connectivity index (χ3v) is 7.80. The van der Waals surface area contributed by atoms with Gasteiger partial charge >= 0.3 is 12.4 Å². The number of hydrogen-bond acceptors (Lipinski definition) is 4. The van der Waals surface area contributed by atoms with Gasteiger partial charge in [0, 0.05) is 61.4 Å².